The molecule has 25 heavy (non-hydrogen) atoms. The number of nitrogens with zero attached hydrogens (tertiary/aromatic N) is 4. The van der Waals surface area contributed by atoms with Gasteiger partial charge in [0.15, 0.2) is 0 Å². The van der Waals surface area contributed by atoms with E-state index in [1.54, 1.807) is 28.2 Å². The first-order valence-electron chi connectivity index (χ1n) is 8.68. The summed E-state index contributed by atoms with van der Waals surface area (Å²) < 4.78 is 9.64. The summed E-state index contributed by atoms with van der Waals surface area (Å²) in [5, 5.41) is 7.00. The normalized spacial score (nSPS) is 11.5. The molecule has 0 saturated heterocycles. The zero-order valence-electron chi connectivity index (χ0n) is 20.3. The fourth-order valence-corrected chi connectivity index (χ4v) is 18.1. The molecule has 0 aromatic rings. The molecule has 0 aromatic heterocycles. The van der Waals surface area contributed by atoms with Gasteiger partial charge in [-0.3, -0.25) is 0 Å². The smallest absolute Gasteiger partial charge is 0.668 e. The van der Waals surface area contributed by atoms with E-state index in [0.717, 1.165) is 0 Å². The van der Waals surface area contributed by atoms with Gasteiger partial charge in [-0.15, -0.1) is 0 Å². The van der Waals surface area contributed by atoms with Crippen molar-refractivity contribution < 1.29 is 21.7 Å². The number of hydrogen-bond donors (Lipinski definition) is 0. The van der Waals surface area contributed by atoms with Crippen molar-refractivity contribution in [3.8, 4) is 0 Å². The summed E-state index contributed by atoms with van der Waals surface area (Å²) in [7, 11) is 2.58. The summed E-state index contributed by atoms with van der Waals surface area (Å²) in [5.74, 6) is 0. The van der Waals surface area contributed by atoms with Crippen LogP contribution in [-0.2, 0) is 21.7 Å². The van der Waals surface area contributed by atoms with Crippen molar-refractivity contribution in [3.05, 3.63) is 19.9 Å². The molecule has 0 aliphatic rings. The summed E-state index contributed by atoms with van der Waals surface area (Å²) >= 11 is 0. The largest absolute Gasteiger partial charge is 4.00 e. The molecule has 9 heteroatoms. The molecular weight excluding hydrogens is 408 g/mol. The maximum Gasteiger partial charge on any atom is 4.00 e. The van der Waals surface area contributed by atoms with E-state index < -0.39 is 32.9 Å². The molecule has 0 amide bonds. The first-order valence-corrected chi connectivity index (χ1v) is 22.5. The summed E-state index contributed by atoms with van der Waals surface area (Å²) in [6.07, 6.45) is 0. The Morgan fingerprint density at radius 1 is 0.360 bits per heavy atom. The molecule has 0 aliphatic carbocycles. The summed E-state index contributed by atoms with van der Waals surface area (Å²) in [4.78, 5) is 0. The Bertz CT molecular complexity index is 215. The Balaban J connectivity index is -0.0000000788. The average molecular weight is 457 g/mol. The van der Waals surface area contributed by atoms with E-state index in [0.29, 0.717) is 0 Å². The first kappa shape index (κ1) is 37.2. The Kier molecular flexibility index (Phi) is 26.1. The fraction of sp³-hybridized carbons (Fsp3) is 1.00. The van der Waals surface area contributed by atoms with Crippen LogP contribution in [0.2, 0.25) is 78.6 Å². The third kappa shape index (κ3) is 77.4. The molecule has 0 unspecified atom stereocenters. The molecule has 0 rings (SSSR count). The van der Waals surface area contributed by atoms with Crippen molar-refractivity contribution in [1.29, 1.82) is 0 Å². The Hall–Kier alpha value is 1.42. The predicted octanol–water partition coefficient (Wildman–Crippen LogP) is 7.30. The van der Waals surface area contributed by atoms with E-state index in [1.165, 1.54) is 0 Å². The molecule has 0 atom stereocenters. The number of hydrogen-bond acceptors (Lipinski definition) is 0. The molecule has 0 fully saturated rings. The minimum absolute atomic E-state index is 0. The van der Waals surface area contributed by atoms with Crippen molar-refractivity contribution in [2.45, 2.75) is 78.6 Å². The van der Waals surface area contributed by atoms with Crippen molar-refractivity contribution >= 4 is 32.9 Å². The quantitative estimate of drug-likeness (QED) is 0.399. The van der Waals surface area contributed by atoms with Crippen LogP contribution in [0.3, 0.4) is 0 Å². The van der Waals surface area contributed by atoms with Gasteiger partial charge < -0.3 is 19.9 Å². The van der Waals surface area contributed by atoms with Gasteiger partial charge >= 0.3 is 21.7 Å². The molecule has 4 nitrogen and oxygen atoms in total. The van der Waals surface area contributed by atoms with Gasteiger partial charge in [0.1, 0.15) is 0 Å². The monoisotopic (exact) mass is 456 g/mol. The number of rotatable bonds is 4. The third-order valence-corrected chi connectivity index (χ3v) is 12.1. The van der Waals surface area contributed by atoms with Gasteiger partial charge in [-0.1, -0.05) is 112 Å². The van der Waals surface area contributed by atoms with Crippen LogP contribution < -0.4 is 0 Å². The Morgan fingerprint density at radius 2 is 0.440 bits per heavy atom. The Morgan fingerprint density at radius 3 is 0.440 bits per heavy atom. The maximum absolute atomic E-state index is 4.82. The minimum atomic E-state index is -1.11. The average Bonchev–Trinajstić information content (AvgIpc) is 2.06. The van der Waals surface area contributed by atoms with E-state index in [9.17, 15) is 0 Å². The third-order valence-electron chi connectivity index (χ3n) is 1.34. The van der Waals surface area contributed by atoms with Crippen LogP contribution in [0.1, 0.15) is 0 Å². The standard InChI is InChI=1S/2C6H18NSi2.2C2H6N.Ti/c2*1-8(2,3)7-9(4,5)6;2*1-3-2;/h2*1-6H3;2*1-2H3;/q4*-1;+4. The van der Waals surface area contributed by atoms with Crippen molar-refractivity contribution in [1.82, 2.24) is 0 Å². The van der Waals surface area contributed by atoms with Gasteiger partial charge in [-0.05, 0) is 0 Å². The van der Waals surface area contributed by atoms with Gasteiger partial charge in [-0.2, -0.15) is 28.2 Å². The molecule has 0 saturated carbocycles. The van der Waals surface area contributed by atoms with E-state index >= 15 is 0 Å². The summed E-state index contributed by atoms with van der Waals surface area (Å²) in [6, 6.07) is 0. The van der Waals surface area contributed by atoms with E-state index in [4.69, 9.17) is 9.30 Å². The van der Waals surface area contributed by atoms with Crippen molar-refractivity contribution in [2.24, 2.45) is 0 Å². The molecule has 0 heterocycles. The van der Waals surface area contributed by atoms with Crippen LogP contribution in [0.15, 0.2) is 0 Å². The summed E-state index contributed by atoms with van der Waals surface area (Å²) in [6.45, 7) is 27.6. The predicted molar refractivity (Wildman–Crippen MR) is 131 cm³/mol. The second kappa shape index (κ2) is 17.5. The summed E-state index contributed by atoms with van der Waals surface area (Å²) in [5.41, 5.74) is 0. The molecule has 152 valence electrons. The molecule has 0 bridgehead atoms. The zero-order valence-corrected chi connectivity index (χ0v) is 25.9. The maximum atomic E-state index is 4.82. The van der Waals surface area contributed by atoms with Crippen LogP contribution in [-0.4, -0.2) is 61.1 Å². The second-order valence-corrected chi connectivity index (χ2v) is 29.0. The molecule has 0 aromatic carbocycles. The van der Waals surface area contributed by atoms with Crippen LogP contribution in [0, 0.1) is 0 Å². The minimum Gasteiger partial charge on any atom is -0.668 e. The molecule has 0 aliphatic heterocycles. The zero-order chi connectivity index (χ0) is 20.8. The van der Waals surface area contributed by atoms with Gasteiger partial charge in [0.25, 0.3) is 0 Å². The van der Waals surface area contributed by atoms with Gasteiger partial charge in [0.2, 0.25) is 0 Å². The molecular formula is C16H48N4Si4Ti. The topological polar surface area (TPSA) is 56.4 Å². The first-order chi connectivity index (χ1) is 10.2. The van der Waals surface area contributed by atoms with Crippen LogP contribution in [0.25, 0.3) is 19.9 Å². The van der Waals surface area contributed by atoms with Crippen molar-refractivity contribution in [3.63, 3.8) is 0 Å². The van der Waals surface area contributed by atoms with Gasteiger partial charge in [0, 0.05) is 0 Å². The van der Waals surface area contributed by atoms with Gasteiger partial charge in [0.05, 0.1) is 0 Å². The SMILES string of the molecule is C[N-]C.C[N-]C.C[Si](C)(C)[N-][Si](C)(C)C.C[Si](C)(C)[N-][Si](C)(C)C.[Ti+4]. The van der Waals surface area contributed by atoms with Crippen LogP contribution in [0.5, 0.6) is 0 Å². The van der Waals surface area contributed by atoms with Gasteiger partial charge in [-0.25, -0.2) is 0 Å². The molecule has 0 N–H and O–H groups in total. The second-order valence-electron chi connectivity index (χ2n) is 9.80. The molecule has 0 radical (unpaired) electrons. The van der Waals surface area contributed by atoms with Crippen LogP contribution >= 0.6 is 0 Å². The van der Waals surface area contributed by atoms with E-state index in [1.807, 2.05) is 0 Å². The van der Waals surface area contributed by atoms with E-state index in [-0.39, 0.29) is 21.7 Å². The van der Waals surface area contributed by atoms with E-state index in [2.05, 4.69) is 89.2 Å². The fourth-order valence-electron chi connectivity index (χ4n) is 2.01. The van der Waals surface area contributed by atoms with Crippen molar-refractivity contribution in [2.75, 3.05) is 28.2 Å². The Labute approximate surface area is 180 Å². The van der Waals surface area contributed by atoms with Crippen LogP contribution in [0.4, 0.5) is 0 Å². The molecule has 0 spiro atoms.